The largest absolute Gasteiger partial charge is 0.497 e. The number of nitrogens with two attached hydrogens (primary N) is 1. The summed E-state index contributed by atoms with van der Waals surface area (Å²) in [5.74, 6) is 1.54. The van der Waals surface area contributed by atoms with E-state index in [0.29, 0.717) is 0 Å². The fraction of sp³-hybridized carbons (Fsp3) is 0.429. The highest BCUT2D eigenvalue weighted by atomic mass is 16.5. The van der Waals surface area contributed by atoms with E-state index in [4.69, 9.17) is 15.2 Å². The molecule has 0 saturated carbocycles. The fourth-order valence-electron chi connectivity index (χ4n) is 1.61. The molecule has 0 amide bonds. The van der Waals surface area contributed by atoms with Crippen molar-refractivity contribution in [2.75, 3.05) is 14.2 Å². The van der Waals surface area contributed by atoms with E-state index in [1.165, 1.54) is 0 Å². The molecule has 3 heteroatoms. The maximum Gasteiger partial charge on any atom is 0.122 e. The molecule has 1 unspecified atom stereocenters. The summed E-state index contributed by atoms with van der Waals surface area (Å²) in [6.45, 7) is 5.90. The SMILES string of the molecule is C=C(C)CCC(N)c1cc(OC)cc(OC)c1. The van der Waals surface area contributed by atoms with Gasteiger partial charge in [-0.15, -0.1) is 6.58 Å². The Labute approximate surface area is 103 Å². The molecule has 1 aromatic carbocycles. The summed E-state index contributed by atoms with van der Waals surface area (Å²) < 4.78 is 10.4. The molecule has 0 aliphatic carbocycles. The lowest BCUT2D eigenvalue weighted by atomic mass is 10.0. The molecule has 17 heavy (non-hydrogen) atoms. The van der Waals surface area contributed by atoms with Gasteiger partial charge in [-0.2, -0.15) is 0 Å². The van der Waals surface area contributed by atoms with Crippen LogP contribution in [0.4, 0.5) is 0 Å². The number of benzene rings is 1. The van der Waals surface area contributed by atoms with E-state index in [0.717, 1.165) is 35.5 Å². The minimum absolute atomic E-state index is 0.0179. The Hall–Kier alpha value is -1.48. The van der Waals surface area contributed by atoms with Gasteiger partial charge in [0.15, 0.2) is 0 Å². The van der Waals surface area contributed by atoms with Gasteiger partial charge in [-0.25, -0.2) is 0 Å². The van der Waals surface area contributed by atoms with Crippen molar-refractivity contribution in [2.45, 2.75) is 25.8 Å². The second-order valence-corrected chi connectivity index (χ2v) is 4.25. The van der Waals surface area contributed by atoms with E-state index < -0.39 is 0 Å². The lowest BCUT2D eigenvalue weighted by molar-refractivity contribution is 0.392. The maximum atomic E-state index is 6.14. The Morgan fingerprint density at radius 2 is 1.76 bits per heavy atom. The number of ether oxygens (including phenoxy) is 2. The molecule has 0 fully saturated rings. The molecule has 2 N–H and O–H groups in total. The molecule has 0 aliphatic heterocycles. The zero-order valence-electron chi connectivity index (χ0n) is 10.8. The van der Waals surface area contributed by atoms with Gasteiger partial charge in [-0.1, -0.05) is 5.57 Å². The molecule has 1 rings (SSSR count). The summed E-state index contributed by atoms with van der Waals surface area (Å²) in [6, 6.07) is 5.72. The molecule has 3 nitrogen and oxygen atoms in total. The van der Waals surface area contributed by atoms with Crippen molar-refractivity contribution in [3.8, 4) is 11.5 Å². The van der Waals surface area contributed by atoms with E-state index in [1.807, 2.05) is 25.1 Å². The smallest absolute Gasteiger partial charge is 0.122 e. The normalized spacial score (nSPS) is 12.0. The number of allylic oxidation sites excluding steroid dienone is 1. The molecule has 0 heterocycles. The highest BCUT2D eigenvalue weighted by Gasteiger charge is 2.09. The molecule has 1 aromatic rings. The minimum Gasteiger partial charge on any atom is -0.497 e. The van der Waals surface area contributed by atoms with Crippen molar-refractivity contribution < 1.29 is 9.47 Å². The molecule has 0 aromatic heterocycles. The molecule has 0 bridgehead atoms. The van der Waals surface area contributed by atoms with Gasteiger partial charge in [0.1, 0.15) is 11.5 Å². The summed E-state index contributed by atoms with van der Waals surface area (Å²) >= 11 is 0. The molecule has 94 valence electrons. The van der Waals surface area contributed by atoms with E-state index in [-0.39, 0.29) is 6.04 Å². The van der Waals surface area contributed by atoms with Crippen LogP contribution in [0.3, 0.4) is 0 Å². The van der Waals surface area contributed by atoms with Crippen LogP contribution in [0.1, 0.15) is 31.4 Å². The van der Waals surface area contributed by atoms with Crippen LogP contribution in [0.15, 0.2) is 30.4 Å². The summed E-state index contributed by atoms with van der Waals surface area (Å²) in [5.41, 5.74) is 8.32. The zero-order chi connectivity index (χ0) is 12.8. The fourth-order valence-corrected chi connectivity index (χ4v) is 1.61. The third kappa shape index (κ3) is 4.11. The van der Waals surface area contributed by atoms with Crippen LogP contribution in [0.5, 0.6) is 11.5 Å². The van der Waals surface area contributed by atoms with Crippen molar-refractivity contribution in [2.24, 2.45) is 5.73 Å². The quantitative estimate of drug-likeness (QED) is 0.771. The number of methoxy groups -OCH3 is 2. The monoisotopic (exact) mass is 235 g/mol. The van der Waals surface area contributed by atoms with Gasteiger partial charge in [0.2, 0.25) is 0 Å². The van der Waals surface area contributed by atoms with Crippen molar-refractivity contribution in [3.05, 3.63) is 35.9 Å². The highest BCUT2D eigenvalue weighted by molar-refractivity contribution is 5.39. The van der Waals surface area contributed by atoms with Crippen molar-refractivity contribution >= 4 is 0 Å². The average molecular weight is 235 g/mol. The van der Waals surface area contributed by atoms with Gasteiger partial charge in [0.25, 0.3) is 0 Å². The van der Waals surface area contributed by atoms with E-state index in [2.05, 4.69) is 6.58 Å². The van der Waals surface area contributed by atoms with Crippen LogP contribution < -0.4 is 15.2 Å². The molecule has 1 atom stereocenters. The first-order chi connectivity index (χ1) is 8.06. The van der Waals surface area contributed by atoms with Gasteiger partial charge in [0, 0.05) is 12.1 Å². The van der Waals surface area contributed by atoms with Gasteiger partial charge < -0.3 is 15.2 Å². The van der Waals surface area contributed by atoms with E-state index in [9.17, 15) is 0 Å². The van der Waals surface area contributed by atoms with Gasteiger partial charge in [-0.05, 0) is 37.5 Å². The first kappa shape index (κ1) is 13.6. The molecular formula is C14H21NO2. The molecule has 0 saturated heterocycles. The number of rotatable bonds is 6. The van der Waals surface area contributed by atoms with Crippen LogP contribution in [0.25, 0.3) is 0 Å². The third-order valence-corrected chi connectivity index (χ3v) is 2.68. The predicted octanol–water partition coefficient (Wildman–Crippen LogP) is 3.06. The number of hydrogen-bond donors (Lipinski definition) is 1. The van der Waals surface area contributed by atoms with E-state index >= 15 is 0 Å². The van der Waals surface area contributed by atoms with Crippen LogP contribution in [-0.2, 0) is 0 Å². The molecule has 0 aliphatic rings. The lowest BCUT2D eigenvalue weighted by Crippen LogP contribution is -2.10. The third-order valence-electron chi connectivity index (χ3n) is 2.68. The Kier molecular flexibility index (Phi) is 5.04. The maximum absolute atomic E-state index is 6.14. The Bertz CT molecular complexity index is 366. The predicted molar refractivity (Wildman–Crippen MR) is 70.5 cm³/mol. The highest BCUT2D eigenvalue weighted by Crippen LogP contribution is 2.27. The van der Waals surface area contributed by atoms with Crippen molar-refractivity contribution in [1.29, 1.82) is 0 Å². The summed E-state index contributed by atoms with van der Waals surface area (Å²) in [4.78, 5) is 0. The van der Waals surface area contributed by atoms with Crippen LogP contribution in [0.2, 0.25) is 0 Å². The summed E-state index contributed by atoms with van der Waals surface area (Å²) in [6.07, 6.45) is 1.81. The second-order valence-electron chi connectivity index (χ2n) is 4.25. The minimum atomic E-state index is -0.0179. The number of hydrogen-bond acceptors (Lipinski definition) is 3. The van der Waals surface area contributed by atoms with Crippen molar-refractivity contribution in [1.82, 2.24) is 0 Å². The molecular weight excluding hydrogens is 214 g/mol. The van der Waals surface area contributed by atoms with Crippen LogP contribution in [-0.4, -0.2) is 14.2 Å². The Morgan fingerprint density at radius 3 is 2.18 bits per heavy atom. The standard InChI is InChI=1S/C14H21NO2/c1-10(2)5-6-14(15)11-7-12(16-3)9-13(8-11)17-4/h7-9,14H,1,5-6,15H2,2-4H3. The van der Waals surface area contributed by atoms with E-state index in [1.54, 1.807) is 14.2 Å². The molecule has 0 spiro atoms. The summed E-state index contributed by atoms with van der Waals surface area (Å²) in [7, 11) is 3.27. The summed E-state index contributed by atoms with van der Waals surface area (Å²) in [5, 5.41) is 0. The zero-order valence-corrected chi connectivity index (χ0v) is 10.8. The van der Waals surface area contributed by atoms with Crippen LogP contribution >= 0.6 is 0 Å². The van der Waals surface area contributed by atoms with Crippen LogP contribution in [0, 0.1) is 0 Å². The van der Waals surface area contributed by atoms with Gasteiger partial charge in [0.05, 0.1) is 14.2 Å². The first-order valence-corrected chi connectivity index (χ1v) is 5.69. The lowest BCUT2D eigenvalue weighted by Gasteiger charge is -2.14. The second kappa shape index (κ2) is 6.30. The Morgan fingerprint density at radius 1 is 1.24 bits per heavy atom. The van der Waals surface area contributed by atoms with Gasteiger partial charge >= 0.3 is 0 Å². The topological polar surface area (TPSA) is 44.5 Å². The Balaban J connectivity index is 2.84. The average Bonchev–Trinajstić information content (AvgIpc) is 2.34. The first-order valence-electron chi connectivity index (χ1n) is 5.69. The molecule has 0 radical (unpaired) electrons. The van der Waals surface area contributed by atoms with Gasteiger partial charge in [-0.3, -0.25) is 0 Å². The van der Waals surface area contributed by atoms with Crippen molar-refractivity contribution in [3.63, 3.8) is 0 Å².